The summed E-state index contributed by atoms with van der Waals surface area (Å²) in [6.07, 6.45) is 0.933. The Bertz CT molecular complexity index is 889. The zero-order chi connectivity index (χ0) is 20.5. The lowest BCUT2D eigenvalue weighted by Crippen LogP contribution is -2.24. The van der Waals surface area contributed by atoms with Gasteiger partial charge >= 0.3 is 0 Å². The number of hydrogen-bond donors (Lipinski definition) is 2. The molecule has 148 valence electrons. The molecule has 0 atom stereocenters. The third-order valence-electron chi connectivity index (χ3n) is 3.41. The number of methoxy groups -OCH3 is 1. The van der Waals surface area contributed by atoms with Crippen molar-refractivity contribution in [3.63, 3.8) is 0 Å². The lowest BCUT2D eigenvalue weighted by atomic mass is 10.2. The number of benzene rings is 2. The number of carbonyl (C=O) groups excluding carboxylic acids is 2. The van der Waals surface area contributed by atoms with Gasteiger partial charge < -0.3 is 14.8 Å². The first-order valence-corrected chi connectivity index (χ1v) is 9.39. The smallest absolute Gasteiger partial charge is 0.249 e. The van der Waals surface area contributed by atoms with Gasteiger partial charge in [0.05, 0.1) is 29.2 Å². The Morgan fingerprint density at radius 3 is 2.68 bits per heavy atom. The number of ether oxygens (including phenoxy) is 2. The highest BCUT2D eigenvalue weighted by molar-refractivity contribution is 14.1. The molecule has 0 bridgehead atoms. The van der Waals surface area contributed by atoms with Crippen LogP contribution in [0.25, 0.3) is 0 Å². The standard InChI is InChI=1S/C19H19FIN3O4/c1-3-28-19-14(21)8-12(9-16(19)27-2)11-22-24-18(26)10-17(25)23-15-7-5-4-6-13(15)20/h4-9,11H,3,10H2,1-2H3,(H,23,25)(H,24,26). The van der Waals surface area contributed by atoms with E-state index in [9.17, 15) is 14.0 Å². The maximum atomic E-state index is 13.5. The van der Waals surface area contributed by atoms with Crippen molar-refractivity contribution in [3.05, 3.63) is 51.3 Å². The SMILES string of the molecule is CCOc1c(I)cc(C=NNC(=O)CC(=O)Nc2ccccc2F)cc1OC. The molecule has 7 nitrogen and oxygen atoms in total. The average molecular weight is 499 g/mol. The number of carbonyl (C=O) groups is 2. The van der Waals surface area contributed by atoms with E-state index in [1.54, 1.807) is 12.1 Å². The molecule has 2 rings (SSSR count). The van der Waals surface area contributed by atoms with Crippen molar-refractivity contribution in [3.8, 4) is 11.5 Å². The summed E-state index contributed by atoms with van der Waals surface area (Å²) in [6, 6.07) is 9.23. The molecule has 2 amide bonds. The number of para-hydroxylation sites is 1. The summed E-state index contributed by atoms with van der Waals surface area (Å²) in [7, 11) is 1.53. The van der Waals surface area contributed by atoms with Gasteiger partial charge in [-0.05, 0) is 59.3 Å². The Hall–Kier alpha value is -2.69. The zero-order valence-electron chi connectivity index (χ0n) is 15.3. The van der Waals surface area contributed by atoms with Gasteiger partial charge in [0.1, 0.15) is 12.2 Å². The Morgan fingerprint density at radius 1 is 1.25 bits per heavy atom. The fourth-order valence-electron chi connectivity index (χ4n) is 2.22. The second-order valence-electron chi connectivity index (χ2n) is 5.47. The van der Waals surface area contributed by atoms with E-state index in [4.69, 9.17) is 9.47 Å². The summed E-state index contributed by atoms with van der Waals surface area (Å²) in [5, 5.41) is 6.16. The van der Waals surface area contributed by atoms with Gasteiger partial charge in [0.15, 0.2) is 11.5 Å². The zero-order valence-corrected chi connectivity index (χ0v) is 17.4. The maximum Gasteiger partial charge on any atom is 0.249 e. The summed E-state index contributed by atoms with van der Waals surface area (Å²) < 4.78 is 25.2. The van der Waals surface area contributed by atoms with E-state index in [0.717, 1.165) is 3.57 Å². The monoisotopic (exact) mass is 499 g/mol. The normalized spacial score (nSPS) is 10.6. The average Bonchev–Trinajstić information content (AvgIpc) is 2.65. The maximum absolute atomic E-state index is 13.5. The van der Waals surface area contributed by atoms with Gasteiger partial charge in [0.25, 0.3) is 0 Å². The van der Waals surface area contributed by atoms with Crippen LogP contribution >= 0.6 is 22.6 Å². The number of anilines is 1. The molecule has 2 aromatic carbocycles. The van der Waals surface area contributed by atoms with Crippen LogP contribution < -0.4 is 20.2 Å². The minimum Gasteiger partial charge on any atom is -0.493 e. The first-order chi connectivity index (χ1) is 13.4. The van der Waals surface area contributed by atoms with Gasteiger partial charge in [-0.25, -0.2) is 9.82 Å². The molecule has 2 aromatic rings. The molecule has 2 N–H and O–H groups in total. The van der Waals surface area contributed by atoms with E-state index >= 15 is 0 Å². The molecular formula is C19H19FIN3O4. The summed E-state index contributed by atoms with van der Waals surface area (Å²) in [5.74, 6) is -0.663. The van der Waals surface area contributed by atoms with Crippen LogP contribution in [0.4, 0.5) is 10.1 Å². The van der Waals surface area contributed by atoms with Crippen LogP contribution in [0.15, 0.2) is 41.5 Å². The Balaban J connectivity index is 1.93. The predicted molar refractivity (Wildman–Crippen MR) is 112 cm³/mol. The molecular weight excluding hydrogens is 480 g/mol. The number of amides is 2. The molecule has 0 spiro atoms. The topological polar surface area (TPSA) is 89.0 Å². The third-order valence-corrected chi connectivity index (χ3v) is 4.21. The van der Waals surface area contributed by atoms with Gasteiger partial charge in [0, 0.05) is 0 Å². The summed E-state index contributed by atoms with van der Waals surface area (Å²) in [6.45, 7) is 2.38. The van der Waals surface area contributed by atoms with Crippen molar-refractivity contribution < 1.29 is 23.5 Å². The van der Waals surface area contributed by atoms with Crippen LogP contribution in [0.1, 0.15) is 18.9 Å². The Labute approximate surface area is 175 Å². The van der Waals surface area contributed by atoms with Crippen LogP contribution in [-0.4, -0.2) is 31.7 Å². The number of hydrogen-bond acceptors (Lipinski definition) is 5. The Morgan fingerprint density at radius 2 is 2.00 bits per heavy atom. The van der Waals surface area contributed by atoms with E-state index in [-0.39, 0.29) is 5.69 Å². The second-order valence-corrected chi connectivity index (χ2v) is 6.63. The van der Waals surface area contributed by atoms with Crippen LogP contribution in [0.3, 0.4) is 0 Å². The fourth-order valence-corrected chi connectivity index (χ4v) is 3.00. The van der Waals surface area contributed by atoms with Crippen molar-refractivity contribution in [2.75, 3.05) is 19.0 Å². The summed E-state index contributed by atoms with van der Waals surface area (Å²) >= 11 is 2.11. The van der Waals surface area contributed by atoms with Crippen molar-refractivity contribution >= 4 is 46.3 Å². The van der Waals surface area contributed by atoms with E-state index in [2.05, 4.69) is 38.4 Å². The number of rotatable bonds is 8. The minimum atomic E-state index is -0.643. The van der Waals surface area contributed by atoms with Crippen molar-refractivity contribution in [2.24, 2.45) is 5.10 Å². The molecule has 9 heteroatoms. The van der Waals surface area contributed by atoms with Crippen LogP contribution in [-0.2, 0) is 9.59 Å². The molecule has 0 saturated carbocycles. The van der Waals surface area contributed by atoms with Crippen molar-refractivity contribution in [2.45, 2.75) is 13.3 Å². The lowest BCUT2D eigenvalue weighted by Gasteiger charge is -2.12. The first kappa shape index (κ1) is 21.6. The van der Waals surface area contributed by atoms with Gasteiger partial charge in [0.2, 0.25) is 11.8 Å². The molecule has 0 heterocycles. The van der Waals surface area contributed by atoms with Gasteiger partial charge in [-0.15, -0.1) is 0 Å². The predicted octanol–water partition coefficient (Wildman–Crippen LogP) is 3.32. The van der Waals surface area contributed by atoms with Crippen molar-refractivity contribution in [1.82, 2.24) is 5.43 Å². The number of nitrogens with zero attached hydrogens (tertiary/aromatic N) is 1. The van der Waals surface area contributed by atoms with Crippen LogP contribution in [0.2, 0.25) is 0 Å². The highest BCUT2D eigenvalue weighted by Gasteiger charge is 2.12. The quantitative estimate of drug-likeness (QED) is 0.253. The molecule has 0 aliphatic heterocycles. The third kappa shape index (κ3) is 6.19. The molecule has 0 radical (unpaired) electrons. The molecule has 0 fully saturated rings. The Kier molecular flexibility index (Phi) is 8.18. The fraction of sp³-hybridized carbons (Fsp3) is 0.211. The molecule has 28 heavy (non-hydrogen) atoms. The summed E-state index contributed by atoms with van der Waals surface area (Å²) in [5.41, 5.74) is 2.96. The first-order valence-electron chi connectivity index (χ1n) is 8.31. The highest BCUT2D eigenvalue weighted by atomic mass is 127. The lowest BCUT2D eigenvalue weighted by molar-refractivity contribution is -0.126. The molecule has 0 aliphatic carbocycles. The minimum absolute atomic E-state index is 0.0138. The molecule has 0 saturated heterocycles. The van der Waals surface area contributed by atoms with E-state index in [1.165, 1.54) is 31.5 Å². The largest absolute Gasteiger partial charge is 0.493 e. The van der Waals surface area contributed by atoms with Crippen LogP contribution in [0, 0.1) is 9.39 Å². The van der Waals surface area contributed by atoms with Gasteiger partial charge in [-0.2, -0.15) is 5.10 Å². The van der Waals surface area contributed by atoms with E-state index in [1.807, 2.05) is 13.0 Å². The van der Waals surface area contributed by atoms with E-state index in [0.29, 0.717) is 23.7 Å². The summed E-state index contributed by atoms with van der Waals surface area (Å²) in [4.78, 5) is 23.6. The number of hydrazone groups is 1. The van der Waals surface area contributed by atoms with Gasteiger partial charge in [-0.3, -0.25) is 9.59 Å². The van der Waals surface area contributed by atoms with Crippen LogP contribution in [0.5, 0.6) is 11.5 Å². The second kappa shape index (κ2) is 10.6. The van der Waals surface area contributed by atoms with E-state index < -0.39 is 24.1 Å². The molecule has 0 aliphatic rings. The molecule has 0 unspecified atom stereocenters. The molecule has 0 aromatic heterocycles. The number of halogens is 2. The van der Waals surface area contributed by atoms with Gasteiger partial charge in [-0.1, -0.05) is 12.1 Å². The highest BCUT2D eigenvalue weighted by Crippen LogP contribution is 2.33. The number of nitrogens with one attached hydrogen (secondary N) is 2. The van der Waals surface area contributed by atoms with Crippen molar-refractivity contribution in [1.29, 1.82) is 0 Å².